The smallest absolute Gasteiger partial charge is 0.307 e. The van der Waals surface area contributed by atoms with Crippen molar-refractivity contribution in [2.45, 2.75) is 64.7 Å². The number of methoxy groups -OCH3 is 1. The summed E-state index contributed by atoms with van der Waals surface area (Å²) in [5, 5.41) is 2.72. The molecule has 106 valence electrons. The van der Waals surface area contributed by atoms with Crippen LogP contribution < -0.4 is 5.32 Å². The van der Waals surface area contributed by atoms with Crippen molar-refractivity contribution < 1.29 is 14.3 Å². The molecule has 0 aliphatic rings. The van der Waals surface area contributed by atoms with Gasteiger partial charge >= 0.3 is 5.97 Å². The third-order valence-corrected chi connectivity index (χ3v) is 2.89. The van der Waals surface area contributed by atoms with Gasteiger partial charge in [-0.25, -0.2) is 0 Å². The topological polar surface area (TPSA) is 55.4 Å². The summed E-state index contributed by atoms with van der Waals surface area (Å²) in [6, 6.07) is 0. The molecule has 0 aliphatic heterocycles. The lowest BCUT2D eigenvalue weighted by Gasteiger charge is -2.04. The molecule has 1 amide bonds. The number of hydrogen-bond acceptors (Lipinski definition) is 3. The molecular weight excluding hydrogens is 230 g/mol. The van der Waals surface area contributed by atoms with Crippen molar-refractivity contribution in [2.24, 2.45) is 0 Å². The van der Waals surface area contributed by atoms with Crippen molar-refractivity contribution in [3.63, 3.8) is 0 Å². The molecule has 0 aliphatic carbocycles. The second-order valence-electron chi connectivity index (χ2n) is 4.55. The number of carbonyl (C=O) groups excluding carboxylic acids is 2. The van der Waals surface area contributed by atoms with Gasteiger partial charge in [0.2, 0.25) is 5.91 Å². The molecule has 0 saturated heterocycles. The van der Waals surface area contributed by atoms with Gasteiger partial charge in [0.1, 0.15) is 0 Å². The summed E-state index contributed by atoms with van der Waals surface area (Å²) in [5.41, 5.74) is 0. The van der Waals surface area contributed by atoms with E-state index in [2.05, 4.69) is 17.0 Å². The number of amides is 1. The average Bonchev–Trinajstić information content (AvgIpc) is 2.37. The second-order valence-corrected chi connectivity index (χ2v) is 4.55. The van der Waals surface area contributed by atoms with Gasteiger partial charge in [0, 0.05) is 13.0 Å². The highest BCUT2D eigenvalue weighted by atomic mass is 16.5. The van der Waals surface area contributed by atoms with E-state index in [9.17, 15) is 9.59 Å². The summed E-state index contributed by atoms with van der Waals surface area (Å²) < 4.78 is 4.49. The van der Waals surface area contributed by atoms with Gasteiger partial charge in [0.25, 0.3) is 0 Å². The van der Waals surface area contributed by atoms with Crippen LogP contribution in [-0.4, -0.2) is 25.5 Å². The van der Waals surface area contributed by atoms with E-state index in [0.29, 0.717) is 13.0 Å². The van der Waals surface area contributed by atoms with Crippen molar-refractivity contribution in [1.29, 1.82) is 0 Å². The molecule has 4 heteroatoms. The van der Waals surface area contributed by atoms with Crippen LogP contribution in [0.5, 0.6) is 0 Å². The van der Waals surface area contributed by atoms with E-state index in [-0.39, 0.29) is 18.3 Å². The monoisotopic (exact) mass is 257 g/mol. The Bertz CT molecular complexity index is 229. The molecule has 0 atom stereocenters. The van der Waals surface area contributed by atoms with Crippen LogP contribution in [0.1, 0.15) is 64.7 Å². The van der Waals surface area contributed by atoms with E-state index in [1.165, 1.54) is 39.2 Å². The Labute approximate surface area is 110 Å². The molecule has 0 heterocycles. The third kappa shape index (κ3) is 11.4. The maximum absolute atomic E-state index is 11.4. The van der Waals surface area contributed by atoms with Crippen LogP contribution in [0.15, 0.2) is 0 Å². The Kier molecular flexibility index (Phi) is 11.7. The predicted octanol–water partition coefficient (Wildman–Crippen LogP) is 2.81. The number of hydrogen-bond donors (Lipinski definition) is 1. The molecule has 0 rings (SSSR count). The number of ether oxygens (including phenoxy) is 1. The normalized spacial score (nSPS) is 10.1. The Morgan fingerprint density at radius 2 is 1.56 bits per heavy atom. The van der Waals surface area contributed by atoms with Gasteiger partial charge in [-0.1, -0.05) is 45.4 Å². The fourth-order valence-corrected chi connectivity index (χ4v) is 1.74. The highest BCUT2D eigenvalue weighted by molar-refractivity contribution is 5.76. The molecule has 0 fully saturated rings. The maximum Gasteiger partial charge on any atom is 0.307 e. The number of nitrogens with one attached hydrogen (secondary N) is 1. The van der Waals surface area contributed by atoms with Crippen LogP contribution in [0, 0.1) is 0 Å². The molecule has 0 saturated carbocycles. The minimum Gasteiger partial charge on any atom is -0.469 e. The standard InChI is InChI=1S/C14H27NO3/c1-3-4-5-6-7-8-9-10-13(16)15-12-11-14(17)18-2/h3-12H2,1-2H3,(H,15,16). The van der Waals surface area contributed by atoms with Crippen molar-refractivity contribution in [2.75, 3.05) is 13.7 Å². The Morgan fingerprint density at radius 1 is 0.944 bits per heavy atom. The van der Waals surface area contributed by atoms with Gasteiger partial charge in [0.15, 0.2) is 0 Å². The zero-order chi connectivity index (χ0) is 13.6. The average molecular weight is 257 g/mol. The Balaban J connectivity index is 3.24. The van der Waals surface area contributed by atoms with Crippen LogP contribution >= 0.6 is 0 Å². The summed E-state index contributed by atoms with van der Waals surface area (Å²) in [6.07, 6.45) is 9.25. The van der Waals surface area contributed by atoms with Gasteiger partial charge in [-0.3, -0.25) is 9.59 Å². The largest absolute Gasteiger partial charge is 0.469 e. The zero-order valence-electron chi connectivity index (χ0n) is 11.8. The van der Waals surface area contributed by atoms with Gasteiger partial charge in [0.05, 0.1) is 13.5 Å². The number of esters is 1. The molecule has 0 radical (unpaired) electrons. The molecule has 0 spiro atoms. The van der Waals surface area contributed by atoms with Gasteiger partial charge < -0.3 is 10.1 Å². The highest BCUT2D eigenvalue weighted by Gasteiger charge is 2.03. The first kappa shape index (κ1) is 16.9. The minimum absolute atomic E-state index is 0.0347. The zero-order valence-corrected chi connectivity index (χ0v) is 11.8. The molecule has 1 N–H and O–H groups in total. The van der Waals surface area contributed by atoms with E-state index in [1.807, 2.05) is 0 Å². The lowest BCUT2D eigenvalue weighted by Crippen LogP contribution is -2.25. The van der Waals surface area contributed by atoms with Gasteiger partial charge in [-0.05, 0) is 6.42 Å². The molecule has 0 aromatic rings. The number of carbonyl (C=O) groups is 2. The van der Waals surface area contributed by atoms with Gasteiger partial charge in [-0.15, -0.1) is 0 Å². The van der Waals surface area contributed by atoms with Crippen LogP contribution in [0.4, 0.5) is 0 Å². The fraction of sp³-hybridized carbons (Fsp3) is 0.857. The van der Waals surface area contributed by atoms with E-state index < -0.39 is 0 Å². The van der Waals surface area contributed by atoms with Crippen molar-refractivity contribution in [1.82, 2.24) is 5.32 Å². The Morgan fingerprint density at radius 3 is 2.17 bits per heavy atom. The first-order chi connectivity index (χ1) is 8.70. The third-order valence-electron chi connectivity index (χ3n) is 2.89. The fourth-order valence-electron chi connectivity index (χ4n) is 1.74. The number of unbranched alkanes of at least 4 members (excludes halogenated alkanes) is 6. The molecule has 18 heavy (non-hydrogen) atoms. The summed E-state index contributed by atoms with van der Waals surface area (Å²) in [6.45, 7) is 2.58. The van der Waals surface area contributed by atoms with Crippen molar-refractivity contribution in [3.8, 4) is 0 Å². The summed E-state index contributed by atoms with van der Waals surface area (Å²) >= 11 is 0. The molecule has 4 nitrogen and oxygen atoms in total. The summed E-state index contributed by atoms with van der Waals surface area (Å²) in [7, 11) is 1.35. The molecule has 0 aromatic carbocycles. The minimum atomic E-state index is -0.286. The lowest BCUT2D eigenvalue weighted by molar-refractivity contribution is -0.140. The van der Waals surface area contributed by atoms with Crippen LogP contribution in [-0.2, 0) is 14.3 Å². The van der Waals surface area contributed by atoms with Crippen LogP contribution in [0.2, 0.25) is 0 Å². The highest BCUT2D eigenvalue weighted by Crippen LogP contribution is 2.08. The van der Waals surface area contributed by atoms with E-state index in [0.717, 1.165) is 12.8 Å². The summed E-state index contributed by atoms with van der Waals surface area (Å²) in [5.74, 6) is -0.251. The van der Waals surface area contributed by atoms with Crippen molar-refractivity contribution >= 4 is 11.9 Å². The Hall–Kier alpha value is -1.06. The number of rotatable bonds is 11. The molecule has 0 bridgehead atoms. The predicted molar refractivity (Wildman–Crippen MR) is 72.3 cm³/mol. The van der Waals surface area contributed by atoms with E-state index in [4.69, 9.17) is 0 Å². The molecule has 0 aromatic heterocycles. The molecule has 0 unspecified atom stereocenters. The van der Waals surface area contributed by atoms with Crippen LogP contribution in [0.25, 0.3) is 0 Å². The van der Waals surface area contributed by atoms with E-state index in [1.54, 1.807) is 0 Å². The van der Waals surface area contributed by atoms with Gasteiger partial charge in [-0.2, -0.15) is 0 Å². The second kappa shape index (κ2) is 12.4. The lowest BCUT2D eigenvalue weighted by atomic mass is 10.1. The summed E-state index contributed by atoms with van der Waals surface area (Å²) in [4.78, 5) is 22.2. The first-order valence-corrected chi connectivity index (χ1v) is 7.04. The van der Waals surface area contributed by atoms with E-state index >= 15 is 0 Å². The maximum atomic E-state index is 11.4. The first-order valence-electron chi connectivity index (χ1n) is 7.04. The SMILES string of the molecule is CCCCCCCCCC(=O)NCCC(=O)OC. The van der Waals surface area contributed by atoms with Crippen molar-refractivity contribution in [3.05, 3.63) is 0 Å². The van der Waals surface area contributed by atoms with Crippen LogP contribution in [0.3, 0.4) is 0 Å². The molecular formula is C14H27NO3. The quantitative estimate of drug-likeness (QED) is 0.457.